The summed E-state index contributed by atoms with van der Waals surface area (Å²) in [5.74, 6) is 1.28. The molecule has 108 valence electrons. The van der Waals surface area contributed by atoms with Crippen molar-refractivity contribution in [3.8, 4) is 0 Å². The summed E-state index contributed by atoms with van der Waals surface area (Å²) in [5.41, 5.74) is 1.25. The maximum atomic E-state index is 10.7. The van der Waals surface area contributed by atoms with Crippen LogP contribution in [0.5, 0.6) is 0 Å². The lowest BCUT2D eigenvalue weighted by molar-refractivity contribution is -0.385. The van der Waals surface area contributed by atoms with E-state index in [9.17, 15) is 10.1 Å². The highest BCUT2D eigenvalue weighted by Gasteiger charge is 2.28. The molecule has 0 saturated heterocycles. The number of hydrogen-bond acceptors (Lipinski definition) is 4. The van der Waals surface area contributed by atoms with E-state index in [2.05, 4.69) is 22.4 Å². The molecule has 0 spiro atoms. The Morgan fingerprint density at radius 2 is 1.95 bits per heavy atom. The highest BCUT2D eigenvalue weighted by atomic mass is 16.6. The molecule has 2 aromatic rings. The fourth-order valence-electron chi connectivity index (χ4n) is 2.65. The topological polar surface area (TPSA) is 68.1 Å². The van der Waals surface area contributed by atoms with Crippen LogP contribution in [0.15, 0.2) is 48.7 Å². The van der Waals surface area contributed by atoms with Crippen molar-refractivity contribution >= 4 is 11.5 Å². The van der Waals surface area contributed by atoms with Gasteiger partial charge < -0.3 is 5.32 Å². The van der Waals surface area contributed by atoms with Crippen LogP contribution in [0.4, 0.5) is 11.5 Å². The third-order valence-corrected chi connectivity index (χ3v) is 4.04. The van der Waals surface area contributed by atoms with E-state index in [1.54, 1.807) is 6.07 Å². The van der Waals surface area contributed by atoms with Gasteiger partial charge in [-0.3, -0.25) is 10.1 Å². The number of hydrogen-bond donors (Lipinski definition) is 1. The molecule has 21 heavy (non-hydrogen) atoms. The van der Waals surface area contributed by atoms with Gasteiger partial charge in [-0.2, -0.15) is 0 Å². The standard InChI is InChI=1S/C16H17N3O2/c20-19(21)14-9-10-15(17-11-14)18-16(13-7-4-8-13)12-5-2-1-3-6-12/h1-3,5-6,9-11,13,16H,4,7-8H2,(H,17,18). The minimum atomic E-state index is -0.433. The number of nitrogens with one attached hydrogen (secondary N) is 1. The summed E-state index contributed by atoms with van der Waals surface area (Å²) >= 11 is 0. The summed E-state index contributed by atoms with van der Waals surface area (Å²) < 4.78 is 0. The Morgan fingerprint density at radius 3 is 2.48 bits per heavy atom. The van der Waals surface area contributed by atoms with Crippen LogP contribution in [0.3, 0.4) is 0 Å². The van der Waals surface area contributed by atoms with Gasteiger partial charge in [-0.1, -0.05) is 36.8 Å². The molecule has 0 amide bonds. The molecule has 1 saturated carbocycles. The molecule has 1 aromatic heterocycles. The van der Waals surface area contributed by atoms with E-state index in [-0.39, 0.29) is 11.7 Å². The third kappa shape index (κ3) is 3.02. The first kappa shape index (κ1) is 13.5. The smallest absolute Gasteiger partial charge is 0.287 e. The summed E-state index contributed by atoms with van der Waals surface area (Å²) in [6.07, 6.45) is 4.98. The molecule has 0 bridgehead atoms. The van der Waals surface area contributed by atoms with E-state index >= 15 is 0 Å². The van der Waals surface area contributed by atoms with Crippen LogP contribution in [0.25, 0.3) is 0 Å². The molecule has 1 unspecified atom stereocenters. The van der Waals surface area contributed by atoms with Gasteiger partial charge in [0.1, 0.15) is 12.0 Å². The van der Waals surface area contributed by atoms with Crippen molar-refractivity contribution in [3.05, 3.63) is 64.3 Å². The Kier molecular flexibility index (Phi) is 3.81. The number of aromatic nitrogens is 1. The van der Waals surface area contributed by atoms with Crippen LogP contribution in [-0.4, -0.2) is 9.91 Å². The lowest BCUT2D eigenvalue weighted by atomic mass is 9.77. The lowest BCUT2D eigenvalue weighted by Gasteiger charge is -2.35. The number of nitrogens with zero attached hydrogens (tertiary/aromatic N) is 2. The van der Waals surface area contributed by atoms with Crippen LogP contribution in [0, 0.1) is 16.0 Å². The van der Waals surface area contributed by atoms with E-state index in [0.717, 1.165) is 0 Å². The first-order valence-electron chi connectivity index (χ1n) is 7.16. The number of benzene rings is 1. The van der Waals surface area contributed by atoms with Crippen LogP contribution in [0.2, 0.25) is 0 Å². The minimum Gasteiger partial charge on any atom is -0.363 e. The molecule has 1 heterocycles. The van der Waals surface area contributed by atoms with Crippen LogP contribution >= 0.6 is 0 Å². The summed E-state index contributed by atoms with van der Waals surface area (Å²) in [4.78, 5) is 14.4. The maximum absolute atomic E-state index is 10.7. The van der Waals surface area contributed by atoms with Crippen molar-refractivity contribution in [1.29, 1.82) is 0 Å². The van der Waals surface area contributed by atoms with E-state index in [1.165, 1.54) is 37.1 Å². The lowest BCUT2D eigenvalue weighted by Crippen LogP contribution is -2.26. The van der Waals surface area contributed by atoms with Gasteiger partial charge in [0.15, 0.2) is 0 Å². The first-order chi connectivity index (χ1) is 10.2. The van der Waals surface area contributed by atoms with Crippen LogP contribution < -0.4 is 5.32 Å². The fraction of sp³-hybridized carbons (Fsp3) is 0.312. The van der Waals surface area contributed by atoms with Gasteiger partial charge in [0, 0.05) is 6.07 Å². The SMILES string of the molecule is O=[N+]([O-])c1ccc(NC(c2ccccc2)C2CCC2)nc1. The molecular formula is C16H17N3O2. The molecule has 5 nitrogen and oxygen atoms in total. The van der Waals surface area contributed by atoms with Crippen molar-refractivity contribution in [2.75, 3.05) is 5.32 Å². The maximum Gasteiger partial charge on any atom is 0.287 e. The Labute approximate surface area is 123 Å². The molecular weight excluding hydrogens is 266 g/mol. The average Bonchev–Trinajstić information content (AvgIpc) is 2.46. The molecule has 1 N–H and O–H groups in total. The summed E-state index contributed by atoms with van der Waals surface area (Å²) in [5, 5.41) is 14.1. The van der Waals surface area contributed by atoms with Crippen molar-refractivity contribution in [2.45, 2.75) is 25.3 Å². The van der Waals surface area contributed by atoms with Crippen molar-refractivity contribution in [3.63, 3.8) is 0 Å². The average molecular weight is 283 g/mol. The van der Waals surface area contributed by atoms with Gasteiger partial charge in [0.2, 0.25) is 0 Å². The van der Waals surface area contributed by atoms with Gasteiger partial charge in [0.25, 0.3) is 5.69 Å². The quantitative estimate of drug-likeness (QED) is 0.666. The Balaban J connectivity index is 1.79. The monoisotopic (exact) mass is 283 g/mol. The highest BCUT2D eigenvalue weighted by Crippen LogP contribution is 2.39. The second-order valence-corrected chi connectivity index (χ2v) is 5.38. The number of anilines is 1. The summed E-state index contributed by atoms with van der Waals surface area (Å²) in [6, 6.07) is 13.7. The molecule has 1 aliphatic rings. The molecule has 3 rings (SSSR count). The normalized spacial score (nSPS) is 16.0. The predicted octanol–water partition coefficient (Wildman–Crippen LogP) is 3.94. The molecule has 1 aliphatic carbocycles. The second-order valence-electron chi connectivity index (χ2n) is 5.38. The Hall–Kier alpha value is -2.43. The second kappa shape index (κ2) is 5.91. The van der Waals surface area contributed by atoms with Gasteiger partial charge in [-0.05, 0) is 30.4 Å². The van der Waals surface area contributed by atoms with Crippen LogP contribution in [0.1, 0.15) is 30.9 Å². The number of rotatable bonds is 5. The molecule has 1 fully saturated rings. The van der Waals surface area contributed by atoms with Crippen molar-refractivity contribution < 1.29 is 4.92 Å². The molecule has 0 radical (unpaired) electrons. The Bertz CT molecular complexity index is 609. The number of pyridine rings is 1. The molecule has 1 aromatic carbocycles. The zero-order valence-electron chi connectivity index (χ0n) is 11.6. The largest absolute Gasteiger partial charge is 0.363 e. The summed E-state index contributed by atoms with van der Waals surface area (Å²) in [6.45, 7) is 0. The van der Waals surface area contributed by atoms with Gasteiger partial charge in [0.05, 0.1) is 11.0 Å². The van der Waals surface area contributed by atoms with Gasteiger partial charge >= 0.3 is 0 Å². The third-order valence-electron chi connectivity index (χ3n) is 4.04. The molecule has 5 heteroatoms. The zero-order chi connectivity index (χ0) is 14.7. The van der Waals surface area contributed by atoms with E-state index in [1.807, 2.05) is 18.2 Å². The Morgan fingerprint density at radius 1 is 1.19 bits per heavy atom. The molecule has 0 aliphatic heterocycles. The van der Waals surface area contributed by atoms with Crippen molar-refractivity contribution in [1.82, 2.24) is 4.98 Å². The summed E-state index contributed by atoms with van der Waals surface area (Å²) in [7, 11) is 0. The van der Waals surface area contributed by atoms with E-state index in [4.69, 9.17) is 0 Å². The van der Waals surface area contributed by atoms with Crippen molar-refractivity contribution in [2.24, 2.45) is 5.92 Å². The van der Waals surface area contributed by atoms with Gasteiger partial charge in [-0.25, -0.2) is 4.98 Å². The minimum absolute atomic E-state index is 0.0143. The van der Waals surface area contributed by atoms with E-state index in [0.29, 0.717) is 11.7 Å². The van der Waals surface area contributed by atoms with Crippen LogP contribution in [-0.2, 0) is 0 Å². The molecule has 1 atom stereocenters. The predicted molar refractivity (Wildman–Crippen MR) is 81.0 cm³/mol. The first-order valence-corrected chi connectivity index (χ1v) is 7.16. The van der Waals surface area contributed by atoms with Gasteiger partial charge in [-0.15, -0.1) is 0 Å². The zero-order valence-corrected chi connectivity index (χ0v) is 11.6. The van der Waals surface area contributed by atoms with E-state index < -0.39 is 4.92 Å². The fourth-order valence-corrected chi connectivity index (χ4v) is 2.65. The number of nitro groups is 1. The highest BCUT2D eigenvalue weighted by molar-refractivity contribution is 5.43.